The number of urea groups is 1. The third kappa shape index (κ3) is 5.89. The van der Waals surface area contributed by atoms with Crippen molar-refractivity contribution in [2.75, 3.05) is 10.0 Å². The van der Waals surface area contributed by atoms with E-state index in [-0.39, 0.29) is 11.6 Å². The standard InChI is InChI=1S/C19H22F2N4O4S/c1-3-11(2)17(24-19(22)27)18(26)23-12-4-6-13(7-5-12)25-30(28,29)14-8-9-15(20)16(21)10-14/h4-11,17,25H,3H2,1-2H3,(H,23,26)(H3,22,24,27)/t11-,17-/m0/s1. The Kier molecular flexibility index (Phi) is 7.33. The van der Waals surface area contributed by atoms with Crippen LogP contribution in [0.1, 0.15) is 20.3 Å². The fourth-order valence-electron chi connectivity index (χ4n) is 2.55. The molecule has 2 aromatic carbocycles. The first-order chi connectivity index (χ1) is 14.0. The van der Waals surface area contributed by atoms with Gasteiger partial charge in [0.15, 0.2) is 11.6 Å². The van der Waals surface area contributed by atoms with E-state index in [2.05, 4.69) is 15.4 Å². The zero-order valence-corrected chi connectivity index (χ0v) is 17.1. The van der Waals surface area contributed by atoms with E-state index in [1.54, 1.807) is 6.92 Å². The maximum Gasteiger partial charge on any atom is 0.312 e. The Morgan fingerprint density at radius 1 is 1.03 bits per heavy atom. The van der Waals surface area contributed by atoms with Crippen LogP contribution in [0, 0.1) is 17.6 Å². The molecule has 8 nitrogen and oxygen atoms in total. The molecule has 0 unspecified atom stereocenters. The summed E-state index contributed by atoms with van der Waals surface area (Å²) in [4.78, 5) is 23.2. The topological polar surface area (TPSA) is 130 Å². The van der Waals surface area contributed by atoms with Gasteiger partial charge in [-0.25, -0.2) is 22.0 Å². The fraction of sp³-hybridized carbons (Fsp3) is 0.263. The highest BCUT2D eigenvalue weighted by atomic mass is 32.2. The predicted octanol–water partition coefficient (Wildman–Crippen LogP) is 2.79. The number of carbonyl (C=O) groups is 2. The number of primary amides is 1. The van der Waals surface area contributed by atoms with Gasteiger partial charge in [0.25, 0.3) is 10.0 Å². The molecule has 0 saturated carbocycles. The molecule has 0 aliphatic carbocycles. The lowest BCUT2D eigenvalue weighted by Gasteiger charge is -2.22. The number of anilines is 2. The number of rotatable bonds is 8. The van der Waals surface area contributed by atoms with Crippen LogP contribution in [0.25, 0.3) is 0 Å². The lowest BCUT2D eigenvalue weighted by atomic mass is 9.98. The van der Waals surface area contributed by atoms with Crippen LogP contribution < -0.4 is 21.1 Å². The second kappa shape index (κ2) is 9.53. The minimum absolute atomic E-state index is 0.145. The highest BCUT2D eigenvalue weighted by molar-refractivity contribution is 7.92. The first-order valence-electron chi connectivity index (χ1n) is 8.98. The van der Waals surface area contributed by atoms with Crippen molar-refractivity contribution in [3.8, 4) is 0 Å². The predicted molar refractivity (Wildman–Crippen MR) is 108 cm³/mol. The summed E-state index contributed by atoms with van der Waals surface area (Å²) in [5.74, 6) is -3.08. The van der Waals surface area contributed by atoms with E-state index in [1.807, 2.05) is 6.92 Å². The average Bonchev–Trinajstić information content (AvgIpc) is 2.68. The molecule has 0 heterocycles. The van der Waals surface area contributed by atoms with Crippen molar-refractivity contribution >= 4 is 33.3 Å². The van der Waals surface area contributed by atoms with Crippen molar-refractivity contribution < 1.29 is 26.8 Å². The molecule has 0 aliphatic heterocycles. The lowest BCUT2D eigenvalue weighted by molar-refractivity contribution is -0.119. The monoisotopic (exact) mass is 440 g/mol. The number of amides is 3. The van der Waals surface area contributed by atoms with Gasteiger partial charge in [0.05, 0.1) is 4.90 Å². The molecular weight excluding hydrogens is 418 g/mol. The highest BCUT2D eigenvalue weighted by Gasteiger charge is 2.25. The molecule has 3 amide bonds. The number of sulfonamides is 1. The summed E-state index contributed by atoms with van der Waals surface area (Å²) in [5.41, 5.74) is 5.62. The largest absolute Gasteiger partial charge is 0.352 e. The highest BCUT2D eigenvalue weighted by Crippen LogP contribution is 2.20. The zero-order chi connectivity index (χ0) is 22.5. The number of hydrogen-bond donors (Lipinski definition) is 4. The van der Waals surface area contributed by atoms with Gasteiger partial charge >= 0.3 is 6.03 Å². The third-order valence-electron chi connectivity index (χ3n) is 4.40. The molecule has 0 fully saturated rings. The Hall–Kier alpha value is -3.21. The van der Waals surface area contributed by atoms with E-state index in [0.717, 1.165) is 12.1 Å². The summed E-state index contributed by atoms with van der Waals surface area (Å²) < 4.78 is 53.2. The van der Waals surface area contributed by atoms with Crippen LogP contribution in [0.3, 0.4) is 0 Å². The van der Waals surface area contributed by atoms with Crippen molar-refractivity contribution in [2.45, 2.75) is 31.2 Å². The fourth-order valence-corrected chi connectivity index (χ4v) is 3.62. The van der Waals surface area contributed by atoms with Crippen molar-refractivity contribution in [3.05, 3.63) is 54.1 Å². The zero-order valence-electron chi connectivity index (χ0n) is 16.3. The Balaban J connectivity index is 2.11. The molecule has 0 spiro atoms. The molecule has 30 heavy (non-hydrogen) atoms. The molecule has 5 N–H and O–H groups in total. The minimum Gasteiger partial charge on any atom is -0.352 e. The molecule has 162 valence electrons. The quantitative estimate of drug-likeness (QED) is 0.503. The molecule has 11 heteroatoms. The van der Waals surface area contributed by atoms with Crippen molar-refractivity contribution in [2.24, 2.45) is 11.7 Å². The summed E-state index contributed by atoms with van der Waals surface area (Å²) in [7, 11) is -4.14. The second-order valence-corrected chi connectivity index (χ2v) is 8.30. The summed E-state index contributed by atoms with van der Waals surface area (Å²) in [6, 6.07) is 6.23. The van der Waals surface area contributed by atoms with Crippen LogP contribution in [0.5, 0.6) is 0 Å². The van der Waals surface area contributed by atoms with E-state index in [9.17, 15) is 26.8 Å². The van der Waals surface area contributed by atoms with Crippen LogP contribution in [0.4, 0.5) is 25.0 Å². The maximum absolute atomic E-state index is 13.3. The number of halogens is 2. The summed E-state index contributed by atoms with van der Waals surface area (Å²) in [6.07, 6.45) is 0.628. The molecule has 2 rings (SSSR count). The van der Waals surface area contributed by atoms with Gasteiger partial charge in [0.2, 0.25) is 5.91 Å². The van der Waals surface area contributed by atoms with Gasteiger partial charge < -0.3 is 16.4 Å². The number of nitrogens with two attached hydrogens (primary N) is 1. The Labute approximate surface area is 172 Å². The van der Waals surface area contributed by atoms with Crippen molar-refractivity contribution in [3.63, 3.8) is 0 Å². The molecular formula is C19H22F2N4O4S. The van der Waals surface area contributed by atoms with E-state index in [0.29, 0.717) is 18.2 Å². The molecule has 0 saturated heterocycles. The summed E-state index contributed by atoms with van der Waals surface area (Å²) >= 11 is 0. The van der Waals surface area contributed by atoms with Crippen LogP contribution in [0.2, 0.25) is 0 Å². The summed E-state index contributed by atoms with van der Waals surface area (Å²) in [5, 5.41) is 5.02. The van der Waals surface area contributed by atoms with Gasteiger partial charge in [-0.15, -0.1) is 0 Å². The first-order valence-corrected chi connectivity index (χ1v) is 10.5. The lowest BCUT2D eigenvalue weighted by Crippen LogP contribution is -2.49. The Morgan fingerprint density at radius 3 is 2.17 bits per heavy atom. The van der Waals surface area contributed by atoms with Crippen LogP contribution in [-0.4, -0.2) is 26.4 Å². The van der Waals surface area contributed by atoms with E-state index in [1.165, 1.54) is 24.3 Å². The van der Waals surface area contributed by atoms with Crippen molar-refractivity contribution in [1.29, 1.82) is 0 Å². The average molecular weight is 440 g/mol. The van der Waals surface area contributed by atoms with E-state index >= 15 is 0 Å². The number of benzene rings is 2. The minimum atomic E-state index is -4.14. The normalized spacial score (nSPS) is 13.2. The van der Waals surface area contributed by atoms with Crippen LogP contribution in [-0.2, 0) is 14.8 Å². The van der Waals surface area contributed by atoms with Crippen molar-refractivity contribution in [1.82, 2.24) is 5.32 Å². The number of nitrogens with one attached hydrogen (secondary N) is 3. The molecule has 0 aromatic heterocycles. The Bertz CT molecular complexity index is 1030. The van der Waals surface area contributed by atoms with Crippen LogP contribution in [0.15, 0.2) is 47.4 Å². The van der Waals surface area contributed by atoms with Gasteiger partial charge in [0.1, 0.15) is 6.04 Å². The number of carbonyl (C=O) groups excluding carboxylic acids is 2. The van der Waals surface area contributed by atoms with E-state index in [4.69, 9.17) is 5.73 Å². The van der Waals surface area contributed by atoms with Gasteiger partial charge in [-0.05, 0) is 48.4 Å². The number of hydrogen-bond acceptors (Lipinski definition) is 4. The van der Waals surface area contributed by atoms with Gasteiger partial charge in [-0.1, -0.05) is 20.3 Å². The second-order valence-electron chi connectivity index (χ2n) is 6.62. The smallest absolute Gasteiger partial charge is 0.312 e. The Morgan fingerprint density at radius 2 is 1.63 bits per heavy atom. The molecule has 2 aromatic rings. The van der Waals surface area contributed by atoms with Gasteiger partial charge in [-0.2, -0.15) is 0 Å². The van der Waals surface area contributed by atoms with E-state index < -0.39 is 44.5 Å². The third-order valence-corrected chi connectivity index (χ3v) is 5.78. The summed E-state index contributed by atoms with van der Waals surface area (Å²) in [6.45, 7) is 3.65. The SMILES string of the molecule is CC[C@H](C)[C@H](NC(N)=O)C(=O)Nc1ccc(NS(=O)(=O)c2ccc(F)c(F)c2)cc1. The molecule has 0 radical (unpaired) electrons. The first kappa shape index (κ1) is 23.1. The van der Waals surface area contributed by atoms with Gasteiger partial charge in [0, 0.05) is 11.4 Å². The molecule has 2 atom stereocenters. The molecule has 0 bridgehead atoms. The van der Waals surface area contributed by atoms with Gasteiger partial charge in [-0.3, -0.25) is 9.52 Å². The van der Waals surface area contributed by atoms with Crippen LogP contribution >= 0.6 is 0 Å². The maximum atomic E-state index is 13.3. The molecule has 0 aliphatic rings.